The Hall–Kier alpha value is -2.14. The van der Waals surface area contributed by atoms with Crippen molar-refractivity contribution in [2.75, 3.05) is 18.4 Å². The molecule has 0 heterocycles. The molecule has 2 amide bonds. The van der Waals surface area contributed by atoms with Crippen LogP contribution in [0, 0.1) is 0 Å². The molecule has 0 unspecified atom stereocenters. The molecule has 96 valence electrons. The van der Waals surface area contributed by atoms with E-state index in [0.717, 1.165) is 0 Å². The van der Waals surface area contributed by atoms with Crippen LogP contribution in [-0.2, 0) is 4.79 Å². The summed E-state index contributed by atoms with van der Waals surface area (Å²) in [6.07, 6.45) is 3.03. The summed E-state index contributed by atoms with van der Waals surface area (Å²) in [5.74, 6) is -0.520. The lowest BCUT2D eigenvalue weighted by Crippen LogP contribution is -2.29. The van der Waals surface area contributed by atoms with Crippen LogP contribution in [0.5, 0.6) is 0 Å². The second kappa shape index (κ2) is 7.24. The van der Waals surface area contributed by atoms with Crippen LogP contribution in [0.25, 0.3) is 0 Å². The van der Waals surface area contributed by atoms with Crippen molar-refractivity contribution in [2.45, 2.75) is 6.92 Å². The van der Waals surface area contributed by atoms with Gasteiger partial charge in [0.1, 0.15) is 0 Å². The lowest BCUT2D eigenvalue weighted by molar-refractivity contribution is -0.111. The number of nitrogens with two attached hydrogens (primary N) is 1. The minimum atomic E-state index is -0.267. The highest BCUT2D eigenvalue weighted by atomic mass is 16.2. The maximum atomic E-state index is 11.8. The average molecular weight is 247 g/mol. The lowest BCUT2D eigenvalue weighted by atomic mass is 10.1. The van der Waals surface area contributed by atoms with Gasteiger partial charge >= 0.3 is 0 Å². The number of carbonyl (C=O) groups excluding carboxylic acids is 2. The van der Waals surface area contributed by atoms with Crippen molar-refractivity contribution in [1.82, 2.24) is 5.32 Å². The molecule has 0 bridgehead atoms. The van der Waals surface area contributed by atoms with E-state index >= 15 is 0 Å². The first-order chi connectivity index (χ1) is 8.69. The van der Waals surface area contributed by atoms with Gasteiger partial charge in [-0.05, 0) is 25.1 Å². The van der Waals surface area contributed by atoms with E-state index in [4.69, 9.17) is 5.73 Å². The molecule has 0 atom stereocenters. The number of hydrogen-bond donors (Lipinski definition) is 3. The van der Waals surface area contributed by atoms with Crippen molar-refractivity contribution < 1.29 is 9.59 Å². The molecule has 0 aliphatic carbocycles. The van der Waals surface area contributed by atoms with Crippen LogP contribution in [0.4, 0.5) is 5.69 Å². The van der Waals surface area contributed by atoms with E-state index < -0.39 is 0 Å². The standard InChI is InChI=1S/C13H17N3O2/c1-2-5-12(17)16-11-7-4-3-6-10(11)13(18)15-9-8-14/h2-7H,8-9,14H2,1H3,(H,15,18)(H,16,17)/b5-2+. The van der Waals surface area contributed by atoms with E-state index in [9.17, 15) is 9.59 Å². The summed E-state index contributed by atoms with van der Waals surface area (Å²) in [6, 6.07) is 6.82. The molecule has 4 N–H and O–H groups in total. The number of anilines is 1. The zero-order valence-corrected chi connectivity index (χ0v) is 10.3. The minimum Gasteiger partial charge on any atom is -0.351 e. The van der Waals surface area contributed by atoms with Gasteiger partial charge in [-0.25, -0.2) is 0 Å². The fourth-order valence-corrected chi connectivity index (χ4v) is 1.40. The van der Waals surface area contributed by atoms with E-state index in [1.807, 2.05) is 0 Å². The topological polar surface area (TPSA) is 84.2 Å². The number of carbonyl (C=O) groups is 2. The molecule has 0 aliphatic rings. The van der Waals surface area contributed by atoms with Gasteiger partial charge in [0.2, 0.25) is 5.91 Å². The summed E-state index contributed by atoms with van der Waals surface area (Å²) in [6.45, 7) is 2.52. The second-order valence-corrected chi connectivity index (χ2v) is 3.58. The van der Waals surface area contributed by atoms with Crippen LogP contribution < -0.4 is 16.4 Å². The first-order valence-corrected chi connectivity index (χ1v) is 5.70. The summed E-state index contributed by atoms with van der Waals surface area (Å²) in [4.78, 5) is 23.3. The zero-order chi connectivity index (χ0) is 13.4. The molecule has 0 radical (unpaired) electrons. The summed E-state index contributed by atoms with van der Waals surface area (Å²) in [7, 11) is 0. The van der Waals surface area contributed by atoms with E-state index in [1.165, 1.54) is 6.08 Å². The van der Waals surface area contributed by atoms with E-state index in [1.54, 1.807) is 37.3 Å². The van der Waals surface area contributed by atoms with Crippen molar-refractivity contribution in [3.05, 3.63) is 42.0 Å². The number of benzene rings is 1. The van der Waals surface area contributed by atoms with E-state index in [2.05, 4.69) is 10.6 Å². The second-order valence-electron chi connectivity index (χ2n) is 3.58. The quantitative estimate of drug-likeness (QED) is 0.675. The normalized spacial score (nSPS) is 10.3. The molecule has 0 saturated heterocycles. The van der Waals surface area contributed by atoms with E-state index in [0.29, 0.717) is 24.3 Å². The largest absolute Gasteiger partial charge is 0.351 e. The Bertz CT molecular complexity index is 455. The molecule has 0 aliphatic heterocycles. The molecule has 0 fully saturated rings. The highest BCUT2D eigenvalue weighted by Gasteiger charge is 2.11. The summed E-state index contributed by atoms with van der Waals surface area (Å²) < 4.78 is 0. The molecular formula is C13H17N3O2. The van der Waals surface area contributed by atoms with Gasteiger partial charge in [0.25, 0.3) is 5.91 Å². The monoisotopic (exact) mass is 247 g/mol. The van der Waals surface area contributed by atoms with Crippen molar-refractivity contribution in [3.8, 4) is 0 Å². The molecule has 5 heteroatoms. The summed E-state index contributed by atoms with van der Waals surface area (Å²) in [5.41, 5.74) is 6.22. The summed E-state index contributed by atoms with van der Waals surface area (Å²) in [5, 5.41) is 5.31. The summed E-state index contributed by atoms with van der Waals surface area (Å²) >= 11 is 0. The molecule has 5 nitrogen and oxygen atoms in total. The van der Waals surface area contributed by atoms with Crippen LogP contribution >= 0.6 is 0 Å². The van der Waals surface area contributed by atoms with Crippen LogP contribution in [-0.4, -0.2) is 24.9 Å². The van der Waals surface area contributed by atoms with Crippen LogP contribution in [0.15, 0.2) is 36.4 Å². The first-order valence-electron chi connectivity index (χ1n) is 5.70. The van der Waals surface area contributed by atoms with Gasteiger partial charge in [0, 0.05) is 13.1 Å². The fraction of sp³-hybridized carbons (Fsp3) is 0.231. The van der Waals surface area contributed by atoms with Gasteiger partial charge in [-0.1, -0.05) is 18.2 Å². The Balaban J connectivity index is 2.85. The first kappa shape index (κ1) is 13.9. The maximum Gasteiger partial charge on any atom is 0.253 e. The molecule has 1 aromatic carbocycles. The van der Waals surface area contributed by atoms with Gasteiger partial charge in [0.15, 0.2) is 0 Å². The van der Waals surface area contributed by atoms with Gasteiger partial charge in [0.05, 0.1) is 11.3 Å². The van der Waals surface area contributed by atoms with Gasteiger partial charge in [-0.3, -0.25) is 9.59 Å². The highest BCUT2D eigenvalue weighted by Crippen LogP contribution is 2.14. The van der Waals surface area contributed by atoms with Crippen LogP contribution in [0.3, 0.4) is 0 Å². The minimum absolute atomic E-state index is 0.253. The third-order valence-corrected chi connectivity index (χ3v) is 2.18. The maximum absolute atomic E-state index is 11.8. The predicted molar refractivity (Wildman–Crippen MR) is 71.3 cm³/mol. The smallest absolute Gasteiger partial charge is 0.253 e. The molecule has 0 saturated carbocycles. The molecule has 1 rings (SSSR count). The third-order valence-electron chi connectivity index (χ3n) is 2.18. The highest BCUT2D eigenvalue weighted by molar-refractivity contribution is 6.06. The predicted octanol–water partition coefficient (Wildman–Crippen LogP) is 0.890. The number of allylic oxidation sites excluding steroid dienone is 1. The SMILES string of the molecule is C/C=C/C(=O)Nc1ccccc1C(=O)NCCN. The molecule has 18 heavy (non-hydrogen) atoms. The zero-order valence-electron chi connectivity index (χ0n) is 10.3. The van der Waals surface area contributed by atoms with Crippen molar-refractivity contribution in [2.24, 2.45) is 5.73 Å². The molecular weight excluding hydrogens is 230 g/mol. The Labute approximate surface area is 106 Å². The Kier molecular flexibility index (Phi) is 5.60. The van der Waals surface area contributed by atoms with Crippen molar-refractivity contribution >= 4 is 17.5 Å². The fourth-order valence-electron chi connectivity index (χ4n) is 1.40. The van der Waals surface area contributed by atoms with E-state index in [-0.39, 0.29) is 11.8 Å². The Morgan fingerprint density at radius 1 is 1.33 bits per heavy atom. The number of amides is 2. The van der Waals surface area contributed by atoms with Gasteiger partial charge in [-0.2, -0.15) is 0 Å². The number of nitrogens with one attached hydrogen (secondary N) is 2. The van der Waals surface area contributed by atoms with Crippen molar-refractivity contribution in [1.29, 1.82) is 0 Å². The third kappa shape index (κ3) is 4.03. The van der Waals surface area contributed by atoms with Gasteiger partial charge in [-0.15, -0.1) is 0 Å². The Morgan fingerprint density at radius 2 is 2.06 bits per heavy atom. The van der Waals surface area contributed by atoms with Crippen LogP contribution in [0.1, 0.15) is 17.3 Å². The lowest BCUT2D eigenvalue weighted by Gasteiger charge is -2.09. The molecule has 0 spiro atoms. The number of para-hydroxylation sites is 1. The Morgan fingerprint density at radius 3 is 2.72 bits per heavy atom. The molecule has 1 aromatic rings. The van der Waals surface area contributed by atoms with Gasteiger partial charge < -0.3 is 16.4 Å². The van der Waals surface area contributed by atoms with Crippen LogP contribution in [0.2, 0.25) is 0 Å². The molecule has 0 aromatic heterocycles. The number of rotatable bonds is 5. The number of hydrogen-bond acceptors (Lipinski definition) is 3. The average Bonchev–Trinajstić information content (AvgIpc) is 2.37. The van der Waals surface area contributed by atoms with Crippen molar-refractivity contribution in [3.63, 3.8) is 0 Å².